The molecule has 18 heteroatoms. The van der Waals surface area contributed by atoms with Gasteiger partial charge in [0.05, 0.1) is 26.9 Å². The summed E-state index contributed by atoms with van der Waals surface area (Å²) in [5, 5.41) is 13.1. The molecular weight excluding hydrogens is 643 g/mol. The molecule has 0 atom stereocenters. The Morgan fingerprint density at radius 1 is 0.978 bits per heavy atom. The number of methoxy groups -OCH3 is 1. The molecule has 1 heterocycles. The molecule has 3 rings (SSSR count). The molecule has 0 aliphatic carbocycles. The van der Waals surface area contributed by atoms with Gasteiger partial charge in [0.1, 0.15) is 5.69 Å². The van der Waals surface area contributed by atoms with Crippen LogP contribution in [0.1, 0.15) is 35.5 Å². The molecule has 45 heavy (non-hydrogen) atoms. The van der Waals surface area contributed by atoms with Gasteiger partial charge in [0.15, 0.2) is 23.3 Å². The van der Waals surface area contributed by atoms with Crippen molar-refractivity contribution in [1.29, 1.82) is 0 Å². The topological polar surface area (TPSA) is 178 Å². The van der Waals surface area contributed by atoms with Crippen molar-refractivity contribution in [3.63, 3.8) is 0 Å². The number of hydrogen-bond donors (Lipinski definition) is 3. The molecule has 0 unspecified atom stereocenters. The van der Waals surface area contributed by atoms with E-state index in [1.807, 2.05) is 0 Å². The van der Waals surface area contributed by atoms with Crippen LogP contribution in [-0.4, -0.2) is 48.0 Å². The predicted octanol–water partition coefficient (Wildman–Crippen LogP) is -1.000. The zero-order valence-electron chi connectivity index (χ0n) is 24.7. The molecule has 0 saturated carbocycles. The van der Waals surface area contributed by atoms with Crippen molar-refractivity contribution in [2.45, 2.75) is 26.9 Å². The van der Waals surface area contributed by atoms with Crippen LogP contribution in [0.5, 0.6) is 0 Å². The standard InChI is InChI=1S/C13H12F2N2O3.C7H8F2N2.C7H10O5.ClH.Na/c1-2-20-13(19)10-6-11(18)17(16-10)7-8-4-3-5-9(14)12(8)15;8-6-3-1-2-5(4-11-10)7(6)9;1-3-12-6(9)4-5(8)7(10)11-2;;/h3-6,16H,2,7H2,1H3;1-3,11H,4,10H2;4,8H,3H2,1-2H3;1H;/q;;;;+1/p-1/b;;5-4-;;. The van der Waals surface area contributed by atoms with Crippen molar-refractivity contribution in [2.24, 2.45) is 5.84 Å². The van der Waals surface area contributed by atoms with Crippen LogP contribution < -0.4 is 51.5 Å². The van der Waals surface area contributed by atoms with Crippen LogP contribution in [0, 0.1) is 23.3 Å². The zero-order valence-corrected chi connectivity index (χ0v) is 27.5. The second-order valence-corrected chi connectivity index (χ2v) is 7.87. The maximum atomic E-state index is 13.5. The number of nitrogens with two attached hydrogens (primary N) is 1. The van der Waals surface area contributed by atoms with Gasteiger partial charge in [-0.15, -0.1) is 12.4 Å². The van der Waals surface area contributed by atoms with Crippen molar-refractivity contribution in [2.75, 3.05) is 20.3 Å². The fourth-order valence-electron chi connectivity index (χ4n) is 2.95. The van der Waals surface area contributed by atoms with E-state index in [9.17, 15) is 41.8 Å². The second-order valence-electron chi connectivity index (χ2n) is 7.87. The molecule has 0 radical (unpaired) electrons. The number of ether oxygens (including phenoxy) is 3. The first kappa shape index (κ1) is 43.5. The van der Waals surface area contributed by atoms with Crippen LogP contribution in [0.15, 0.2) is 59.1 Å². The van der Waals surface area contributed by atoms with Gasteiger partial charge in [-0.2, -0.15) is 0 Å². The summed E-state index contributed by atoms with van der Waals surface area (Å²) in [6, 6.07) is 8.71. The molecule has 0 bridgehead atoms. The van der Waals surface area contributed by atoms with Crippen molar-refractivity contribution in [3.05, 3.63) is 105 Å². The molecule has 0 aliphatic heterocycles. The number of hydrogen-bond acceptors (Lipinski definition) is 10. The average Bonchev–Trinajstić information content (AvgIpc) is 3.34. The molecule has 0 amide bonds. The third-order valence-corrected chi connectivity index (χ3v) is 4.89. The Balaban J connectivity index is 0. The van der Waals surface area contributed by atoms with E-state index in [0.29, 0.717) is 6.08 Å². The fraction of sp³-hybridized carbons (Fsp3) is 0.259. The van der Waals surface area contributed by atoms with Gasteiger partial charge in [0, 0.05) is 29.8 Å². The van der Waals surface area contributed by atoms with Gasteiger partial charge in [-0.25, -0.2) is 36.6 Å². The average molecular weight is 673 g/mol. The number of aromatic nitrogens is 2. The summed E-state index contributed by atoms with van der Waals surface area (Å²) in [5.41, 5.74) is 1.91. The summed E-state index contributed by atoms with van der Waals surface area (Å²) >= 11 is 0. The van der Waals surface area contributed by atoms with Gasteiger partial charge in [0.2, 0.25) is 0 Å². The van der Waals surface area contributed by atoms with E-state index in [0.717, 1.165) is 30.0 Å². The van der Waals surface area contributed by atoms with Crippen LogP contribution in [0.25, 0.3) is 0 Å². The van der Waals surface area contributed by atoms with E-state index < -0.39 is 52.5 Å². The minimum absolute atomic E-state index is 0. The first-order chi connectivity index (χ1) is 20.4. The number of H-pyrrole nitrogens is 1. The number of nitrogens with zero attached hydrogens (tertiary/aromatic N) is 1. The summed E-state index contributed by atoms with van der Waals surface area (Å²) in [7, 11) is 1.05. The molecule has 0 aliphatic rings. The van der Waals surface area contributed by atoms with Gasteiger partial charge in [0.25, 0.3) is 5.56 Å². The fourth-order valence-corrected chi connectivity index (χ4v) is 2.95. The third-order valence-electron chi connectivity index (χ3n) is 4.89. The SMILES string of the molecule is CCOC(=O)/C=C(\[O-])C(=O)OC.CCOC(=O)c1cc(=O)n(Cc2cccc(F)c2F)[nH]1.Cl.NNCc1cccc(F)c1F.[Na+]. The quantitative estimate of drug-likeness (QED) is 0.0373. The molecular formula is C27H30ClF4N4NaO8. The number of carbonyl (C=O) groups is 3. The van der Waals surface area contributed by atoms with Crippen LogP contribution in [0.4, 0.5) is 17.6 Å². The Labute approximate surface area is 283 Å². The van der Waals surface area contributed by atoms with Crippen LogP contribution in [0.3, 0.4) is 0 Å². The minimum Gasteiger partial charge on any atom is -0.867 e. The Kier molecular flexibility index (Phi) is 22.0. The Hall–Kier alpha value is -3.67. The Bertz CT molecular complexity index is 1490. The predicted molar refractivity (Wildman–Crippen MR) is 148 cm³/mol. The summed E-state index contributed by atoms with van der Waals surface area (Å²) in [4.78, 5) is 44.1. The van der Waals surface area contributed by atoms with E-state index in [1.54, 1.807) is 13.8 Å². The monoisotopic (exact) mass is 672 g/mol. The Morgan fingerprint density at radius 2 is 1.51 bits per heavy atom. The number of halogens is 5. The van der Waals surface area contributed by atoms with Crippen molar-refractivity contribution >= 4 is 30.3 Å². The molecule has 0 saturated heterocycles. The third kappa shape index (κ3) is 14.8. The summed E-state index contributed by atoms with van der Waals surface area (Å²) in [5.74, 6) is -2.38. The molecule has 1 aromatic heterocycles. The zero-order chi connectivity index (χ0) is 32.5. The van der Waals surface area contributed by atoms with E-state index in [-0.39, 0.29) is 85.1 Å². The number of rotatable bonds is 9. The Morgan fingerprint density at radius 3 is 2.02 bits per heavy atom. The first-order valence-corrected chi connectivity index (χ1v) is 12.3. The van der Waals surface area contributed by atoms with Crippen molar-refractivity contribution < 1.29 is 80.8 Å². The number of benzene rings is 2. The van der Waals surface area contributed by atoms with Crippen LogP contribution in [0.2, 0.25) is 0 Å². The number of nitrogens with one attached hydrogen (secondary N) is 2. The number of carbonyl (C=O) groups excluding carboxylic acids is 3. The molecule has 2 aromatic carbocycles. The second kappa shape index (κ2) is 22.8. The summed E-state index contributed by atoms with van der Waals surface area (Å²) in [6.07, 6.45) is 0.551. The van der Waals surface area contributed by atoms with E-state index in [4.69, 9.17) is 10.6 Å². The molecule has 0 fully saturated rings. The maximum Gasteiger partial charge on any atom is 1.00 e. The van der Waals surface area contributed by atoms with Gasteiger partial charge >= 0.3 is 47.5 Å². The maximum absolute atomic E-state index is 13.5. The smallest absolute Gasteiger partial charge is 0.867 e. The van der Waals surface area contributed by atoms with E-state index >= 15 is 0 Å². The molecule has 0 spiro atoms. The summed E-state index contributed by atoms with van der Waals surface area (Å²) < 4.78 is 65.9. The normalized spacial score (nSPS) is 10.0. The number of esters is 3. The van der Waals surface area contributed by atoms with Gasteiger partial charge in [-0.3, -0.25) is 21.2 Å². The molecule has 12 nitrogen and oxygen atoms in total. The summed E-state index contributed by atoms with van der Waals surface area (Å²) in [6.45, 7) is 3.48. The van der Waals surface area contributed by atoms with E-state index in [1.165, 1.54) is 24.3 Å². The molecule has 4 N–H and O–H groups in total. The molecule has 242 valence electrons. The first-order valence-electron chi connectivity index (χ1n) is 12.3. The van der Waals surface area contributed by atoms with Gasteiger partial charge < -0.3 is 19.3 Å². The largest absolute Gasteiger partial charge is 1.00 e. The number of aromatic amines is 1. The van der Waals surface area contributed by atoms with Crippen molar-refractivity contribution in [3.8, 4) is 0 Å². The van der Waals surface area contributed by atoms with Crippen LogP contribution in [-0.2, 0) is 36.9 Å². The van der Waals surface area contributed by atoms with Crippen LogP contribution >= 0.6 is 12.4 Å². The van der Waals surface area contributed by atoms with Gasteiger partial charge in [-0.1, -0.05) is 24.3 Å². The van der Waals surface area contributed by atoms with Crippen molar-refractivity contribution in [1.82, 2.24) is 15.2 Å². The van der Waals surface area contributed by atoms with E-state index in [2.05, 4.69) is 20.0 Å². The van der Waals surface area contributed by atoms with Gasteiger partial charge in [-0.05, 0) is 31.7 Å². The molecule has 3 aromatic rings. The minimum atomic E-state index is -1.08. The number of hydrazine groups is 1.